The van der Waals surface area contributed by atoms with Gasteiger partial charge in [-0.2, -0.15) is 4.39 Å². The van der Waals surface area contributed by atoms with Gasteiger partial charge in [-0.3, -0.25) is 0 Å². The molecule has 5 heteroatoms. The first-order chi connectivity index (χ1) is 14.1. The fourth-order valence-corrected chi connectivity index (χ4v) is 4.54. The van der Waals surface area contributed by atoms with Gasteiger partial charge in [0.05, 0.1) is 32.0 Å². The van der Waals surface area contributed by atoms with Crippen molar-refractivity contribution in [1.29, 1.82) is 0 Å². The Morgan fingerprint density at radius 3 is 2.41 bits per heavy atom. The molecule has 29 heavy (non-hydrogen) atoms. The van der Waals surface area contributed by atoms with Gasteiger partial charge in [-0.05, 0) is 68.9 Å². The van der Waals surface area contributed by atoms with Gasteiger partial charge in [0, 0.05) is 5.92 Å². The molecular formula is C24H36F2O3. The Kier molecular flexibility index (Phi) is 8.73. The highest BCUT2D eigenvalue weighted by Crippen LogP contribution is 2.37. The van der Waals surface area contributed by atoms with Crippen molar-refractivity contribution in [2.75, 3.05) is 19.8 Å². The summed E-state index contributed by atoms with van der Waals surface area (Å²) in [5.41, 5.74) is 0.479. The molecule has 0 N–H and O–H groups in total. The second-order valence-electron chi connectivity index (χ2n) is 8.62. The number of rotatable bonds is 9. The Bertz CT molecular complexity index is 621. The predicted molar refractivity (Wildman–Crippen MR) is 110 cm³/mol. The van der Waals surface area contributed by atoms with Crippen LogP contribution in [0.15, 0.2) is 12.1 Å². The van der Waals surface area contributed by atoms with Crippen molar-refractivity contribution in [3.8, 4) is 5.75 Å². The smallest absolute Gasteiger partial charge is 0.200 e. The molecule has 0 spiro atoms. The van der Waals surface area contributed by atoms with E-state index in [1.165, 1.54) is 12.8 Å². The molecule has 3 nitrogen and oxygen atoms in total. The Morgan fingerprint density at radius 1 is 0.966 bits per heavy atom. The Morgan fingerprint density at radius 2 is 1.76 bits per heavy atom. The quantitative estimate of drug-likeness (QED) is 0.472. The van der Waals surface area contributed by atoms with Gasteiger partial charge in [0.1, 0.15) is 0 Å². The molecule has 3 rings (SSSR count). The molecule has 2 atom stereocenters. The zero-order valence-electron chi connectivity index (χ0n) is 17.9. The molecule has 1 heterocycles. The molecule has 0 amide bonds. The fourth-order valence-electron chi connectivity index (χ4n) is 4.54. The molecule has 2 aliphatic rings. The average Bonchev–Trinajstić information content (AvgIpc) is 2.75. The van der Waals surface area contributed by atoms with E-state index in [0.29, 0.717) is 24.2 Å². The molecule has 1 aromatic rings. The van der Waals surface area contributed by atoms with E-state index < -0.39 is 11.6 Å². The van der Waals surface area contributed by atoms with E-state index in [4.69, 9.17) is 14.2 Å². The molecular weight excluding hydrogens is 374 g/mol. The van der Waals surface area contributed by atoms with Crippen LogP contribution in [0.5, 0.6) is 5.75 Å². The summed E-state index contributed by atoms with van der Waals surface area (Å²) in [7, 11) is 0. The number of hydrogen-bond donors (Lipinski definition) is 0. The van der Waals surface area contributed by atoms with E-state index >= 15 is 0 Å². The standard InChI is InChI=1S/C24H36F2O3/c1-3-5-19-9-6-17(15-28-19)16-29-20-10-7-18(8-11-20)21-12-13-22(27-14-4-2)24(26)23(21)25/h12-13,17-20H,3-11,14-16H2,1-2H3. The summed E-state index contributed by atoms with van der Waals surface area (Å²) >= 11 is 0. The number of halogens is 2. The molecule has 0 aromatic heterocycles. The van der Waals surface area contributed by atoms with Crippen LogP contribution in [0.1, 0.15) is 83.1 Å². The zero-order valence-corrected chi connectivity index (χ0v) is 17.9. The van der Waals surface area contributed by atoms with Gasteiger partial charge in [-0.1, -0.05) is 26.3 Å². The maximum absolute atomic E-state index is 14.5. The summed E-state index contributed by atoms with van der Waals surface area (Å²) < 4.78 is 46.2. The van der Waals surface area contributed by atoms with Gasteiger partial charge in [0.15, 0.2) is 11.6 Å². The van der Waals surface area contributed by atoms with E-state index in [2.05, 4.69) is 6.92 Å². The monoisotopic (exact) mass is 410 g/mol. The third-order valence-electron chi connectivity index (χ3n) is 6.30. The summed E-state index contributed by atoms with van der Waals surface area (Å²) in [5, 5.41) is 0. The van der Waals surface area contributed by atoms with Crippen LogP contribution >= 0.6 is 0 Å². The first-order valence-corrected chi connectivity index (χ1v) is 11.5. The summed E-state index contributed by atoms with van der Waals surface area (Å²) in [5.74, 6) is -1.04. The lowest BCUT2D eigenvalue weighted by atomic mass is 9.82. The molecule has 1 aromatic carbocycles. The summed E-state index contributed by atoms with van der Waals surface area (Å²) in [4.78, 5) is 0. The van der Waals surface area contributed by atoms with Crippen LogP contribution in [0.3, 0.4) is 0 Å². The summed E-state index contributed by atoms with van der Waals surface area (Å²) in [6, 6.07) is 3.27. The molecule has 164 valence electrons. The minimum Gasteiger partial charge on any atom is -0.490 e. The first-order valence-electron chi connectivity index (χ1n) is 11.5. The van der Waals surface area contributed by atoms with Crippen LogP contribution in [0.2, 0.25) is 0 Å². The minimum atomic E-state index is -0.854. The van der Waals surface area contributed by atoms with Crippen molar-refractivity contribution in [3.05, 3.63) is 29.3 Å². The lowest BCUT2D eigenvalue weighted by Gasteiger charge is -2.32. The van der Waals surface area contributed by atoms with Crippen LogP contribution in [-0.2, 0) is 9.47 Å². The third kappa shape index (κ3) is 6.14. The van der Waals surface area contributed by atoms with E-state index in [9.17, 15) is 8.78 Å². The van der Waals surface area contributed by atoms with Crippen LogP contribution in [0.25, 0.3) is 0 Å². The van der Waals surface area contributed by atoms with Crippen LogP contribution in [0, 0.1) is 17.6 Å². The topological polar surface area (TPSA) is 27.7 Å². The predicted octanol–water partition coefficient (Wildman–Crippen LogP) is 6.39. The Balaban J connectivity index is 1.43. The lowest BCUT2D eigenvalue weighted by molar-refractivity contribution is -0.0647. The van der Waals surface area contributed by atoms with Crippen LogP contribution < -0.4 is 4.74 Å². The molecule has 1 saturated heterocycles. The first kappa shape index (κ1) is 22.5. The van der Waals surface area contributed by atoms with Crippen molar-refractivity contribution >= 4 is 0 Å². The van der Waals surface area contributed by atoms with Crippen molar-refractivity contribution < 1.29 is 23.0 Å². The fraction of sp³-hybridized carbons (Fsp3) is 0.750. The Hall–Kier alpha value is -1.20. The highest BCUT2D eigenvalue weighted by atomic mass is 19.2. The number of ether oxygens (including phenoxy) is 3. The lowest BCUT2D eigenvalue weighted by Crippen LogP contribution is -2.31. The van der Waals surface area contributed by atoms with Crippen LogP contribution in [0.4, 0.5) is 8.78 Å². The highest BCUT2D eigenvalue weighted by Gasteiger charge is 2.28. The van der Waals surface area contributed by atoms with Crippen LogP contribution in [-0.4, -0.2) is 32.0 Å². The SMILES string of the molecule is CCCOc1ccc(C2CCC(OCC3CCC(CCC)OC3)CC2)c(F)c1F. The molecule has 0 radical (unpaired) electrons. The molecule has 1 aliphatic heterocycles. The average molecular weight is 411 g/mol. The largest absolute Gasteiger partial charge is 0.490 e. The number of hydrogen-bond acceptors (Lipinski definition) is 3. The van der Waals surface area contributed by atoms with Crippen molar-refractivity contribution in [2.45, 2.75) is 89.8 Å². The maximum atomic E-state index is 14.5. The van der Waals surface area contributed by atoms with Crippen molar-refractivity contribution in [2.24, 2.45) is 5.92 Å². The van der Waals surface area contributed by atoms with Gasteiger partial charge in [0.2, 0.25) is 5.82 Å². The van der Waals surface area contributed by atoms with E-state index in [1.54, 1.807) is 12.1 Å². The summed E-state index contributed by atoms with van der Waals surface area (Å²) in [6.45, 7) is 6.08. The summed E-state index contributed by atoms with van der Waals surface area (Å²) in [6.07, 6.45) is 9.51. The van der Waals surface area contributed by atoms with Gasteiger partial charge >= 0.3 is 0 Å². The molecule has 2 fully saturated rings. The Labute approximate surface area is 174 Å². The molecule has 1 saturated carbocycles. The van der Waals surface area contributed by atoms with Gasteiger partial charge in [0.25, 0.3) is 0 Å². The van der Waals surface area contributed by atoms with Crippen molar-refractivity contribution in [3.63, 3.8) is 0 Å². The van der Waals surface area contributed by atoms with E-state index in [-0.39, 0.29) is 17.8 Å². The molecule has 2 unspecified atom stereocenters. The van der Waals surface area contributed by atoms with E-state index in [1.807, 2.05) is 6.92 Å². The highest BCUT2D eigenvalue weighted by molar-refractivity contribution is 5.33. The molecule has 1 aliphatic carbocycles. The second kappa shape index (κ2) is 11.3. The zero-order chi connectivity index (χ0) is 20.6. The van der Waals surface area contributed by atoms with Gasteiger partial charge < -0.3 is 14.2 Å². The molecule has 0 bridgehead atoms. The van der Waals surface area contributed by atoms with Gasteiger partial charge in [-0.15, -0.1) is 0 Å². The minimum absolute atomic E-state index is 0.0148. The maximum Gasteiger partial charge on any atom is 0.200 e. The normalized spacial score (nSPS) is 27.7. The second-order valence-corrected chi connectivity index (χ2v) is 8.62. The third-order valence-corrected chi connectivity index (χ3v) is 6.30. The van der Waals surface area contributed by atoms with Gasteiger partial charge in [-0.25, -0.2) is 4.39 Å². The van der Waals surface area contributed by atoms with E-state index in [0.717, 1.165) is 58.2 Å². The number of benzene rings is 1. The van der Waals surface area contributed by atoms with Crippen molar-refractivity contribution in [1.82, 2.24) is 0 Å².